The first-order chi connectivity index (χ1) is 8.88. The van der Waals surface area contributed by atoms with E-state index in [-0.39, 0.29) is 4.75 Å². The number of halogens is 1. The van der Waals surface area contributed by atoms with E-state index in [9.17, 15) is 4.55 Å². The Kier molecular flexibility index (Phi) is 4.43. The zero-order valence-corrected chi connectivity index (χ0v) is 13.5. The number of ether oxygens (including phenoxy) is 2. The molecule has 1 aliphatic heterocycles. The van der Waals surface area contributed by atoms with Crippen molar-refractivity contribution in [2.75, 3.05) is 13.2 Å². The molecule has 0 aromatic heterocycles. The molecule has 2 rings (SSSR count). The summed E-state index contributed by atoms with van der Waals surface area (Å²) in [5.41, 5.74) is 0.828. The Morgan fingerprint density at radius 1 is 1.32 bits per heavy atom. The summed E-state index contributed by atoms with van der Waals surface area (Å²) in [7, 11) is 0. The van der Waals surface area contributed by atoms with E-state index in [0.717, 1.165) is 10.0 Å². The molecule has 0 bridgehead atoms. The highest BCUT2D eigenvalue weighted by Gasteiger charge is 2.26. The second-order valence-corrected chi connectivity index (χ2v) is 7.91. The number of fused-ring (bicyclic) bond motifs is 1. The molecule has 0 fully saturated rings. The van der Waals surface area contributed by atoms with Crippen LogP contribution < -0.4 is 9.47 Å². The van der Waals surface area contributed by atoms with Gasteiger partial charge in [-0.2, -0.15) is 0 Å². The Bertz CT molecular complexity index is 499. The molecule has 0 spiro atoms. The summed E-state index contributed by atoms with van der Waals surface area (Å²) in [6, 6.07) is 3.71. The van der Waals surface area contributed by atoms with Gasteiger partial charge < -0.3 is 14.0 Å². The molecule has 1 aromatic rings. The Hall–Kier alpha value is -0.720. The van der Waals surface area contributed by atoms with Gasteiger partial charge in [0, 0.05) is 5.56 Å². The van der Waals surface area contributed by atoms with E-state index in [2.05, 4.69) is 20.3 Å². The summed E-state index contributed by atoms with van der Waals surface area (Å²) in [5.74, 6) is 1.39. The molecule has 1 aromatic carbocycles. The van der Waals surface area contributed by atoms with Crippen LogP contribution in [0.2, 0.25) is 0 Å². The fraction of sp³-hybridized carbons (Fsp3) is 0.462. The molecule has 1 aliphatic rings. The van der Waals surface area contributed by atoms with Crippen molar-refractivity contribution >= 4 is 33.5 Å². The molecule has 0 aliphatic carbocycles. The quantitative estimate of drug-likeness (QED) is 0.611. The van der Waals surface area contributed by atoms with E-state index in [4.69, 9.17) is 9.47 Å². The third-order valence-corrected chi connectivity index (χ3v) is 4.37. The molecule has 19 heavy (non-hydrogen) atoms. The third kappa shape index (κ3) is 3.64. The maximum absolute atomic E-state index is 11.9. The van der Waals surface area contributed by atoms with Crippen LogP contribution in [-0.2, 0) is 11.4 Å². The normalized spacial score (nSPS) is 16.7. The van der Waals surface area contributed by atoms with Gasteiger partial charge in [-0.15, -0.1) is 0 Å². The monoisotopic (exact) mass is 345 g/mol. The second kappa shape index (κ2) is 5.73. The van der Waals surface area contributed by atoms with Gasteiger partial charge in [0.2, 0.25) is 0 Å². The zero-order chi connectivity index (χ0) is 14.0. The van der Waals surface area contributed by atoms with Gasteiger partial charge in [-0.1, -0.05) is 4.40 Å². The summed E-state index contributed by atoms with van der Waals surface area (Å²) in [6.45, 7) is 6.75. The molecule has 1 heterocycles. The van der Waals surface area contributed by atoms with E-state index in [1.54, 1.807) is 6.21 Å². The largest absolute Gasteiger partial charge is 0.591 e. The van der Waals surface area contributed by atoms with Gasteiger partial charge in [0.1, 0.15) is 29.3 Å². The fourth-order valence-electron chi connectivity index (χ4n) is 1.47. The minimum atomic E-state index is -1.26. The van der Waals surface area contributed by atoms with Gasteiger partial charge in [0.15, 0.2) is 11.5 Å². The van der Waals surface area contributed by atoms with Crippen LogP contribution in [0.25, 0.3) is 0 Å². The van der Waals surface area contributed by atoms with Gasteiger partial charge in [0.25, 0.3) is 0 Å². The highest BCUT2D eigenvalue weighted by Crippen LogP contribution is 2.38. The second-order valence-electron chi connectivity index (χ2n) is 5.12. The van der Waals surface area contributed by atoms with Crippen LogP contribution in [0.1, 0.15) is 26.3 Å². The van der Waals surface area contributed by atoms with Crippen molar-refractivity contribution in [3.63, 3.8) is 0 Å². The fourth-order valence-corrected chi connectivity index (χ4v) is 2.58. The summed E-state index contributed by atoms with van der Waals surface area (Å²) < 4.78 is 27.4. The van der Waals surface area contributed by atoms with Crippen molar-refractivity contribution in [2.24, 2.45) is 4.40 Å². The summed E-state index contributed by atoms with van der Waals surface area (Å²) in [5, 5.41) is 0. The molecule has 0 saturated heterocycles. The average Bonchev–Trinajstić information content (AvgIpc) is 2.35. The predicted octanol–water partition coefficient (Wildman–Crippen LogP) is 3.10. The van der Waals surface area contributed by atoms with Crippen molar-refractivity contribution in [3.8, 4) is 11.5 Å². The van der Waals surface area contributed by atoms with Crippen LogP contribution in [0.3, 0.4) is 0 Å². The predicted molar refractivity (Wildman–Crippen MR) is 80.6 cm³/mol. The maximum Gasteiger partial charge on any atom is 0.175 e. The number of rotatable bonds is 2. The minimum absolute atomic E-state index is 0.360. The minimum Gasteiger partial charge on any atom is -0.591 e. The van der Waals surface area contributed by atoms with Crippen molar-refractivity contribution in [3.05, 3.63) is 22.2 Å². The van der Waals surface area contributed by atoms with Crippen LogP contribution in [0, 0.1) is 0 Å². The molecule has 6 heteroatoms. The van der Waals surface area contributed by atoms with Gasteiger partial charge >= 0.3 is 0 Å². The van der Waals surface area contributed by atoms with Crippen molar-refractivity contribution in [1.82, 2.24) is 0 Å². The Morgan fingerprint density at radius 3 is 2.68 bits per heavy atom. The summed E-state index contributed by atoms with van der Waals surface area (Å²) in [6.07, 6.45) is 1.60. The lowest BCUT2D eigenvalue weighted by Crippen LogP contribution is -2.25. The smallest absolute Gasteiger partial charge is 0.175 e. The lowest BCUT2D eigenvalue weighted by molar-refractivity contribution is 0.170. The molecule has 1 atom stereocenters. The highest BCUT2D eigenvalue weighted by molar-refractivity contribution is 9.10. The lowest BCUT2D eigenvalue weighted by Gasteiger charge is -2.20. The average molecular weight is 346 g/mol. The molecular weight excluding hydrogens is 330 g/mol. The first-order valence-corrected chi connectivity index (χ1v) is 7.83. The van der Waals surface area contributed by atoms with Crippen LogP contribution in [0.4, 0.5) is 0 Å². The van der Waals surface area contributed by atoms with E-state index in [1.807, 2.05) is 32.9 Å². The Balaban J connectivity index is 2.22. The number of benzene rings is 1. The molecule has 4 nitrogen and oxygen atoms in total. The van der Waals surface area contributed by atoms with Crippen LogP contribution >= 0.6 is 15.9 Å². The molecular formula is C13H16BrNO3S. The number of hydrogen-bond acceptors (Lipinski definition) is 4. The van der Waals surface area contributed by atoms with E-state index >= 15 is 0 Å². The van der Waals surface area contributed by atoms with E-state index < -0.39 is 11.4 Å². The van der Waals surface area contributed by atoms with E-state index in [1.165, 1.54) is 0 Å². The summed E-state index contributed by atoms with van der Waals surface area (Å²) >= 11 is 2.17. The molecule has 0 N–H and O–H groups in total. The lowest BCUT2D eigenvalue weighted by atomic mass is 10.2. The summed E-state index contributed by atoms with van der Waals surface area (Å²) in [4.78, 5) is 0. The van der Waals surface area contributed by atoms with Crippen LogP contribution in [0.15, 0.2) is 21.0 Å². The first kappa shape index (κ1) is 14.7. The number of nitrogens with zero attached hydrogens (tertiary/aromatic N) is 1. The van der Waals surface area contributed by atoms with Crippen LogP contribution in [0.5, 0.6) is 11.5 Å². The number of hydrogen-bond donors (Lipinski definition) is 0. The van der Waals surface area contributed by atoms with Gasteiger partial charge in [-0.3, -0.25) is 0 Å². The van der Waals surface area contributed by atoms with Crippen molar-refractivity contribution in [1.29, 1.82) is 0 Å². The molecule has 0 amide bonds. The topological polar surface area (TPSA) is 53.9 Å². The first-order valence-electron chi connectivity index (χ1n) is 5.93. The molecule has 0 radical (unpaired) electrons. The molecule has 104 valence electrons. The van der Waals surface area contributed by atoms with Gasteiger partial charge in [0.05, 0.1) is 10.7 Å². The Morgan fingerprint density at radius 2 is 2.00 bits per heavy atom. The van der Waals surface area contributed by atoms with Crippen LogP contribution in [-0.4, -0.2) is 28.7 Å². The van der Waals surface area contributed by atoms with Crippen molar-refractivity contribution < 1.29 is 14.0 Å². The van der Waals surface area contributed by atoms with Gasteiger partial charge in [-0.25, -0.2) is 0 Å². The van der Waals surface area contributed by atoms with E-state index in [0.29, 0.717) is 24.7 Å². The zero-order valence-electron chi connectivity index (χ0n) is 11.1. The molecule has 1 unspecified atom stereocenters. The van der Waals surface area contributed by atoms with Crippen molar-refractivity contribution in [2.45, 2.75) is 25.5 Å². The SMILES string of the molecule is CC(C)(C)[S+]([O-])N=Cc1cc(Br)c2c(c1)OCCO2. The molecule has 0 saturated carbocycles. The maximum atomic E-state index is 11.9. The highest BCUT2D eigenvalue weighted by atomic mass is 79.9. The standard InChI is InChI=1S/C13H16BrNO3S/c1-13(2,3)19(16)15-8-9-6-10(14)12-11(7-9)17-4-5-18-12/h6-8H,4-5H2,1-3H3. The Labute approximate surface area is 124 Å². The third-order valence-electron chi connectivity index (χ3n) is 2.44. The van der Waals surface area contributed by atoms with Gasteiger partial charge in [-0.05, 0) is 48.8 Å².